The van der Waals surface area contributed by atoms with Crippen LogP contribution in [0.4, 0.5) is 10.6 Å². The number of oxime groups is 1. The summed E-state index contributed by atoms with van der Waals surface area (Å²) >= 11 is 0. The smallest absolute Gasteiger partial charge is 0.410 e. The van der Waals surface area contributed by atoms with E-state index in [0.29, 0.717) is 16.5 Å². The Morgan fingerprint density at radius 1 is 1.36 bits per heavy atom. The number of likely N-dealkylation sites (N-methyl/N-ethyl adjacent to an activating group) is 1. The van der Waals surface area contributed by atoms with Gasteiger partial charge in [-0.1, -0.05) is 17.3 Å². The van der Waals surface area contributed by atoms with Crippen molar-refractivity contribution in [3.8, 4) is 0 Å². The summed E-state index contributed by atoms with van der Waals surface area (Å²) in [6, 6.07) is 9.78. The molecule has 0 saturated heterocycles. The third-order valence-corrected chi connectivity index (χ3v) is 2.87. The molecule has 10 heteroatoms. The molecule has 0 aliphatic rings. The van der Waals surface area contributed by atoms with Crippen molar-refractivity contribution in [3.63, 3.8) is 0 Å². The van der Waals surface area contributed by atoms with Crippen LogP contribution in [0.2, 0.25) is 0 Å². The molecule has 0 bridgehead atoms. The van der Waals surface area contributed by atoms with Crippen LogP contribution in [0.3, 0.4) is 0 Å². The highest BCUT2D eigenvalue weighted by Crippen LogP contribution is 2.07. The van der Waals surface area contributed by atoms with Crippen molar-refractivity contribution in [2.45, 2.75) is 6.61 Å². The Morgan fingerprint density at radius 3 is 2.80 bits per heavy atom. The molecule has 0 fully saturated rings. The lowest BCUT2D eigenvalue weighted by Crippen LogP contribution is -2.31. The van der Waals surface area contributed by atoms with Crippen molar-refractivity contribution in [3.05, 3.63) is 54.0 Å². The fourth-order valence-corrected chi connectivity index (χ4v) is 1.77. The van der Waals surface area contributed by atoms with Crippen LogP contribution in [0.1, 0.15) is 11.4 Å². The van der Waals surface area contributed by atoms with Gasteiger partial charge >= 0.3 is 6.09 Å². The predicted octanol–water partition coefficient (Wildman–Crippen LogP) is 1.79. The molecule has 0 spiro atoms. The first kappa shape index (κ1) is 17.8. The Morgan fingerprint density at radius 2 is 2.16 bits per heavy atom. The number of nitrogens with one attached hydrogen (secondary N) is 2. The van der Waals surface area contributed by atoms with Crippen molar-refractivity contribution in [2.24, 2.45) is 5.16 Å². The molecule has 2 heterocycles. The quantitative estimate of drug-likeness (QED) is 0.355. The van der Waals surface area contributed by atoms with E-state index in [1.807, 2.05) is 0 Å². The fourth-order valence-electron chi connectivity index (χ4n) is 1.77. The lowest BCUT2D eigenvalue weighted by molar-refractivity contribution is 0.0148. The number of hydrogen-bond donors (Lipinski definition) is 4. The minimum atomic E-state index is -1.22. The van der Waals surface area contributed by atoms with E-state index in [1.54, 1.807) is 30.3 Å². The zero-order chi connectivity index (χ0) is 18.2. The molecule has 2 aromatic rings. The van der Waals surface area contributed by atoms with E-state index in [-0.39, 0.29) is 24.0 Å². The number of anilines is 1. The van der Waals surface area contributed by atoms with Crippen molar-refractivity contribution >= 4 is 23.5 Å². The minimum absolute atomic E-state index is 0.0328. The summed E-state index contributed by atoms with van der Waals surface area (Å²) in [5.41, 5.74) is 0.812. The summed E-state index contributed by atoms with van der Waals surface area (Å²) < 4.78 is 0. The van der Waals surface area contributed by atoms with Gasteiger partial charge in [0, 0.05) is 13.2 Å². The van der Waals surface area contributed by atoms with Gasteiger partial charge in [0.25, 0.3) is 0 Å². The number of amidine groups is 1. The lowest BCUT2D eigenvalue weighted by atomic mass is 10.2. The van der Waals surface area contributed by atoms with Crippen LogP contribution in [0.5, 0.6) is 0 Å². The monoisotopic (exact) mass is 344 g/mol. The van der Waals surface area contributed by atoms with Crippen LogP contribution in [-0.2, 0) is 11.4 Å². The molecule has 0 aliphatic carbocycles. The summed E-state index contributed by atoms with van der Waals surface area (Å²) in [5.74, 6) is -0.140. The van der Waals surface area contributed by atoms with Crippen LogP contribution in [0.15, 0.2) is 47.8 Å². The SMILES string of the molecule is CN(O)C(=N)/C(=N\OCc1cccc(NC(=O)O)n1)c1ccccn1. The van der Waals surface area contributed by atoms with E-state index in [0.717, 1.165) is 0 Å². The van der Waals surface area contributed by atoms with Gasteiger partial charge in [0.15, 0.2) is 18.2 Å². The number of carboxylic acid groups (broad SMARTS) is 1. The minimum Gasteiger partial charge on any atom is -0.465 e. The van der Waals surface area contributed by atoms with E-state index in [9.17, 15) is 10.0 Å². The number of amides is 1. The van der Waals surface area contributed by atoms with Crippen LogP contribution < -0.4 is 5.32 Å². The van der Waals surface area contributed by atoms with Gasteiger partial charge in [0.1, 0.15) is 5.82 Å². The molecular formula is C15H16N6O4. The first-order valence-electron chi connectivity index (χ1n) is 7.06. The molecule has 0 saturated carbocycles. The van der Waals surface area contributed by atoms with Crippen LogP contribution in [-0.4, -0.2) is 50.0 Å². The summed E-state index contributed by atoms with van der Waals surface area (Å²) in [4.78, 5) is 23.9. The maximum Gasteiger partial charge on any atom is 0.410 e. The van der Waals surface area contributed by atoms with Crippen LogP contribution in [0, 0.1) is 5.41 Å². The zero-order valence-electron chi connectivity index (χ0n) is 13.2. The van der Waals surface area contributed by atoms with Gasteiger partial charge in [-0.05, 0) is 24.3 Å². The van der Waals surface area contributed by atoms with E-state index < -0.39 is 6.09 Å². The summed E-state index contributed by atoms with van der Waals surface area (Å²) in [5, 5.41) is 32.6. The molecule has 0 aromatic carbocycles. The Labute approximate surface area is 142 Å². The number of rotatable bonds is 6. The second-order valence-corrected chi connectivity index (χ2v) is 4.74. The zero-order valence-corrected chi connectivity index (χ0v) is 13.2. The molecule has 1 amide bonds. The van der Waals surface area contributed by atoms with Gasteiger partial charge in [-0.15, -0.1) is 0 Å². The van der Waals surface area contributed by atoms with Crippen molar-refractivity contribution in [2.75, 3.05) is 12.4 Å². The number of hydroxylamine groups is 2. The average Bonchev–Trinajstić information content (AvgIpc) is 2.58. The molecule has 4 N–H and O–H groups in total. The van der Waals surface area contributed by atoms with E-state index in [1.165, 1.54) is 19.3 Å². The first-order chi connectivity index (χ1) is 12.0. The first-order valence-corrected chi connectivity index (χ1v) is 7.06. The summed E-state index contributed by atoms with van der Waals surface area (Å²) in [6.07, 6.45) is 0.304. The standard InChI is InChI=1S/C15H16N6O4/c1-21(24)14(16)13(11-6-2-3-8-17-11)20-25-9-10-5-4-7-12(18-10)19-15(22)23/h2-8,16,24H,9H2,1H3,(H,18,19)(H,22,23)/b16-14?,20-13-. The number of nitrogens with zero attached hydrogens (tertiary/aromatic N) is 4. The highest BCUT2D eigenvalue weighted by molar-refractivity contribution is 6.45. The van der Waals surface area contributed by atoms with Gasteiger partial charge in [-0.25, -0.2) is 14.8 Å². The maximum atomic E-state index is 10.6. The van der Waals surface area contributed by atoms with Crippen LogP contribution in [0.25, 0.3) is 0 Å². The van der Waals surface area contributed by atoms with E-state index in [2.05, 4.69) is 20.4 Å². The van der Waals surface area contributed by atoms with Gasteiger partial charge in [-0.3, -0.25) is 20.9 Å². The van der Waals surface area contributed by atoms with Crippen molar-refractivity contribution < 1.29 is 19.9 Å². The third kappa shape index (κ3) is 5.25. The molecule has 0 radical (unpaired) electrons. The summed E-state index contributed by atoms with van der Waals surface area (Å²) in [7, 11) is 1.28. The highest BCUT2D eigenvalue weighted by Gasteiger charge is 2.15. The molecule has 25 heavy (non-hydrogen) atoms. The molecular weight excluding hydrogens is 328 g/mol. The topological polar surface area (TPSA) is 144 Å². The van der Waals surface area contributed by atoms with Gasteiger partial charge < -0.3 is 9.94 Å². The van der Waals surface area contributed by atoms with Crippen molar-refractivity contribution in [1.29, 1.82) is 5.41 Å². The Kier molecular flexibility index (Phi) is 5.96. The van der Waals surface area contributed by atoms with Gasteiger partial charge in [-0.2, -0.15) is 0 Å². The van der Waals surface area contributed by atoms with Gasteiger partial charge in [0.05, 0.1) is 11.4 Å². The largest absolute Gasteiger partial charge is 0.465 e. The van der Waals surface area contributed by atoms with E-state index >= 15 is 0 Å². The molecule has 130 valence electrons. The number of aromatic nitrogens is 2. The lowest BCUT2D eigenvalue weighted by Gasteiger charge is -2.13. The molecule has 2 aromatic heterocycles. The predicted molar refractivity (Wildman–Crippen MR) is 88.7 cm³/mol. The molecule has 0 unspecified atom stereocenters. The molecule has 10 nitrogen and oxygen atoms in total. The number of carbonyl (C=O) groups is 1. The molecule has 0 atom stereocenters. The van der Waals surface area contributed by atoms with Crippen LogP contribution >= 0.6 is 0 Å². The Balaban J connectivity index is 2.14. The second kappa shape index (κ2) is 8.36. The van der Waals surface area contributed by atoms with E-state index in [4.69, 9.17) is 15.4 Å². The van der Waals surface area contributed by atoms with Crippen molar-refractivity contribution in [1.82, 2.24) is 15.0 Å². The Bertz CT molecular complexity index is 779. The second-order valence-electron chi connectivity index (χ2n) is 4.74. The highest BCUT2D eigenvalue weighted by atomic mass is 16.6. The Hall–Kier alpha value is -3.53. The molecule has 0 aliphatic heterocycles. The molecule has 2 rings (SSSR count). The van der Waals surface area contributed by atoms with Gasteiger partial charge in [0.2, 0.25) is 0 Å². The fraction of sp³-hybridized carbons (Fsp3) is 0.133. The summed E-state index contributed by atoms with van der Waals surface area (Å²) in [6.45, 7) is -0.0616. The average molecular weight is 344 g/mol. The number of hydrogen-bond acceptors (Lipinski definition) is 7. The number of pyridine rings is 2. The third-order valence-electron chi connectivity index (χ3n) is 2.87. The maximum absolute atomic E-state index is 10.6. The normalized spacial score (nSPS) is 10.9.